The molecule has 0 radical (unpaired) electrons. The maximum atomic E-state index is 13.0. The summed E-state index contributed by atoms with van der Waals surface area (Å²) in [6, 6.07) is 0. The second-order valence-corrected chi connectivity index (χ2v) is 6.31. The van der Waals surface area contributed by atoms with Gasteiger partial charge in [-0.05, 0) is 12.2 Å². The van der Waals surface area contributed by atoms with E-state index in [1.54, 1.807) is 6.20 Å². The van der Waals surface area contributed by atoms with E-state index in [4.69, 9.17) is 5.73 Å². The van der Waals surface area contributed by atoms with Gasteiger partial charge < -0.3 is 16.0 Å². The van der Waals surface area contributed by atoms with Crippen LogP contribution in [0.4, 0.5) is 8.78 Å². The van der Waals surface area contributed by atoms with Crippen molar-refractivity contribution in [2.24, 2.45) is 10.1 Å². The summed E-state index contributed by atoms with van der Waals surface area (Å²) in [6.07, 6.45) is 4.41. The zero-order valence-electron chi connectivity index (χ0n) is 10.9. The van der Waals surface area contributed by atoms with Crippen LogP contribution in [-0.4, -0.2) is 56.4 Å². The molecule has 2 heterocycles. The molecule has 2 aliphatic heterocycles. The Morgan fingerprint density at radius 1 is 1.52 bits per heavy atom. The highest BCUT2D eigenvalue weighted by atomic mass is 32.2. The van der Waals surface area contributed by atoms with Gasteiger partial charge in [0.15, 0.2) is 5.84 Å². The first-order chi connectivity index (χ1) is 9.74. The Labute approximate surface area is 120 Å². The fraction of sp³-hybridized carbons (Fsp3) is 0.455. The Morgan fingerprint density at radius 3 is 2.90 bits per heavy atom. The molecular weight excluding hydrogens is 306 g/mol. The van der Waals surface area contributed by atoms with Gasteiger partial charge in [0.2, 0.25) is 0 Å². The number of alkyl halides is 2. The molecule has 10 heteroatoms. The molecule has 116 valence electrons. The topological polar surface area (TPSA) is 105 Å². The van der Waals surface area contributed by atoms with Gasteiger partial charge in [0, 0.05) is 12.7 Å². The molecule has 1 amide bonds. The van der Waals surface area contributed by atoms with E-state index in [1.165, 1.54) is 17.1 Å². The van der Waals surface area contributed by atoms with E-state index in [9.17, 15) is 22.0 Å². The lowest BCUT2D eigenvalue weighted by molar-refractivity contribution is -0.118. The summed E-state index contributed by atoms with van der Waals surface area (Å²) in [4.78, 5) is 13.4. The molecular formula is C11H14F2N4O3S. The largest absolute Gasteiger partial charge is 0.346 e. The van der Waals surface area contributed by atoms with Gasteiger partial charge in [0.25, 0.3) is 21.9 Å². The number of nitrogens with one attached hydrogen (secondary N) is 1. The number of carbonyl (C=O) groups excluding carboxylic acids is 1. The number of allylic oxidation sites excluding steroid dienone is 2. The van der Waals surface area contributed by atoms with Gasteiger partial charge in [-0.2, -0.15) is 0 Å². The molecule has 0 aromatic heterocycles. The van der Waals surface area contributed by atoms with Crippen molar-refractivity contribution < 1.29 is 22.0 Å². The van der Waals surface area contributed by atoms with Crippen molar-refractivity contribution in [1.29, 1.82) is 0 Å². The molecule has 2 rings (SSSR count). The van der Waals surface area contributed by atoms with Crippen LogP contribution in [0.15, 0.2) is 28.3 Å². The molecule has 0 saturated heterocycles. The maximum Gasteiger partial charge on any atom is 0.277 e. The van der Waals surface area contributed by atoms with Crippen molar-refractivity contribution in [3.05, 3.63) is 23.9 Å². The first-order valence-corrected chi connectivity index (χ1v) is 7.69. The van der Waals surface area contributed by atoms with Gasteiger partial charge in [0.05, 0.1) is 24.4 Å². The molecule has 0 fully saturated rings. The van der Waals surface area contributed by atoms with Crippen LogP contribution in [0, 0.1) is 0 Å². The Morgan fingerprint density at radius 2 is 2.24 bits per heavy atom. The molecule has 2 aliphatic rings. The van der Waals surface area contributed by atoms with Gasteiger partial charge in [-0.3, -0.25) is 4.79 Å². The fourth-order valence-electron chi connectivity index (χ4n) is 1.77. The Kier molecular flexibility index (Phi) is 4.10. The predicted octanol–water partition coefficient (Wildman–Crippen LogP) is -0.806. The number of sulfonamides is 1. The van der Waals surface area contributed by atoms with E-state index in [2.05, 4.69) is 4.40 Å². The zero-order chi connectivity index (χ0) is 15.7. The number of nitrogens with two attached hydrogens (primary N) is 1. The minimum Gasteiger partial charge on any atom is -0.346 e. The number of fused-ring (bicyclic) bond motifs is 1. The van der Waals surface area contributed by atoms with Crippen LogP contribution < -0.4 is 11.1 Å². The predicted molar refractivity (Wildman–Crippen MR) is 72.2 cm³/mol. The number of amidine groups is 1. The number of amides is 1. The molecule has 0 atom stereocenters. The molecule has 0 unspecified atom stereocenters. The van der Waals surface area contributed by atoms with Crippen molar-refractivity contribution in [3.63, 3.8) is 0 Å². The number of hydrogen-bond donors (Lipinski definition) is 2. The van der Waals surface area contributed by atoms with Crippen molar-refractivity contribution in [1.82, 2.24) is 10.2 Å². The maximum absolute atomic E-state index is 13.0. The number of carbonyl (C=O) groups is 1. The minimum atomic E-state index is -3.64. The van der Waals surface area contributed by atoms with Crippen LogP contribution in [0.5, 0.6) is 0 Å². The van der Waals surface area contributed by atoms with Crippen LogP contribution in [-0.2, 0) is 14.8 Å². The van der Waals surface area contributed by atoms with Crippen molar-refractivity contribution >= 4 is 21.8 Å². The summed E-state index contributed by atoms with van der Waals surface area (Å²) in [5.41, 5.74) is 4.80. The monoisotopic (exact) mass is 320 g/mol. The Bertz CT molecular complexity index is 640. The van der Waals surface area contributed by atoms with E-state index >= 15 is 0 Å². The summed E-state index contributed by atoms with van der Waals surface area (Å²) < 4.78 is 52.6. The van der Waals surface area contributed by atoms with Gasteiger partial charge in [-0.25, -0.2) is 17.2 Å². The number of halogens is 2. The zero-order valence-corrected chi connectivity index (χ0v) is 11.7. The van der Waals surface area contributed by atoms with Crippen LogP contribution in [0.1, 0.15) is 0 Å². The van der Waals surface area contributed by atoms with Gasteiger partial charge in [-0.1, -0.05) is 0 Å². The second-order valence-electron chi connectivity index (χ2n) is 4.56. The quantitative estimate of drug-likeness (QED) is 0.705. The summed E-state index contributed by atoms with van der Waals surface area (Å²) in [5.74, 6) is -4.27. The second kappa shape index (κ2) is 5.53. The third-order valence-electron chi connectivity index (χ3n) is 2.91. The summed E-state index contributed by atoms with van der Waals surface area (Å²) in [7, 11) is -3.64. The number of rotatable bonds is 4. The molecule has 0 saturated carbocycles. The van der Waals surface area contributed by atoms with Crippen molar-refractivity contribution in [2.45, 2.75) is 5.92 Å². The molecule has 0 aromatic carbocycles. The molecule has 0 aromatic rings. The fourth-order valence-corrected chi connectivity index (χ4v) is 2.76. The molecule has 0 bridgehead atoms. The lowest BCUT2D eigenvalue weighted by atomic mass is 10.1. The summed E-state index contributed by atoms with van der Waals surface area (Å²) in [6.45, 7) is -1.67. The van der Waals surface area contributed by atoms with E-state index in [-0.39, 0.29) is 23.7 Å². The molecule has 21 heavy (non-hydrogen) atoms. The number of nitrogens with zero attached hydrogens (tertiary/aromatic N) is 2. The van der Waals surface area contributed by atoms with Crippen molar-refractivity contribution in [2.75, 3.05) is 25.4 Å². The third-order valence-corrected chi connectivity index (χ3v) is 4.06. The van der Waals surface area contributed by atoms with Crippen LogP contribution >= 0.6 is 0 Å². The van der Waals surface area contributed by atoms with Crippen molar-refractivity contribution in [3.8, 4) is 0 Å². The third kappa shape index (κ3) is 3.64. The SMILES string of the molecule is NCC(F)(F)CNC(=O)C1=CC=CN2CCS(=O)(=O)N=C12. The summed E-state index contributed by atoms with van der Waals surface area (Å²) in [5, 5.41) is 2.03. The highest BCUT2D eigenvalue weighted by molar-refractivity contribution is 7.90. The molecule has 0 aliphatic carbocycles. The lowest BCUT2D eigenvalue weighted by Crippen LogP contribution is -2.46. The van der Waals surface area contributed by atoms with Crippen LogP contribution in [0.2, 0.25) is 0 Å². The highest BCUT2D eigenvalue weighted by Gasteiger charge is 2.32. The molecule has 7 nitrogen and oxygen atoms in total. The van der Waals surface area contributed by atoms with E-state index in [0.29, 0.717) is 0 Å². The van der Waals surface area contributed by atoms with E-state index in [0.717, 1.165) is 0 Å². The highest BCUT2D eigenvalue weighted by Crippen LogP contribution is 2.18. The lowest BCUT2D eigenvalue weighted by Gasteiger charge is -2.28. The first-order valence-electron chi connectivity index (χ1n) is 6.08. The average molecular weight is 320 g/mol. The average Bonchev–Trinajstić information content (AvgIpc) is 2.43. The molecule has 0 spiro atoms. The standard InChI is InChI=1S/C11H14F2N4O3S/c12-11(13,6-14)7-15-10(18)8-2-1-3-17-4-5-21(19,20)16-9(8)17/h1-3H,4-7,14H2,(H,15,18). The van der Waals surface area contributed by atoms with Crippen LogP contribution in [0.3, 0.4) is 0 Å². The van der Waals surface area contributed by atoms with Gasteiger partial charge in [-0.15, -0.1) is 4.40 Å². The normalized spacial score (nSPS) is 20.4. The smallest absolute Gasteiger partial charge is 0.277 e. The first kappa shape index (κ1) is 15.6. The molecule has 3 N–H and O–H groups in total. The minimum absolute atomic E-state index is 0.0580. The Hall–Kier alpha value is -1.81. The summed E-state index contributed by atoms with van der Waals surface area (Å²) >= 11 is 0. The van der Waals surface area contributed by atoms with Gasteiger partial charge >= 0.3 is 0 Å². The Balaban J connectivity index is 2.18. The van der Waals surface area contributed by atoms with Crippen LogP contribution in [0.25, 0.3) is 0 Å². The van der Waals surface area contributed by atoms with E-state index in [1.807, 2.05) is 5.32 Å². The number of hydrogen-bond acceptors (Lipinski definition) is 5. The van der Waals surface area contributed by atoms with E-state index < -0.39 is 34.9 Å². The van der Waals surface area contributed by atoms with Gasteiger partial charge in [0.1, 0.15) is 0 Å².